The smallest absolute Gasteiger partial charge is 0.373 e. The Kier molecular flexibility index (Phi) is 25.7. The van der Waals surface area contributed by atoms with Crippen LogP contribution in [0.3, 0.4) is 0 Å². The summed E-state index contributed by atoms with van der Waals surface area (Å²) < 4.78 is 31.6. The summed E-state index contributed by atoms with van der Waals surface area (Å²) in [5.41, 5.74) is 4.53. The van der Waals surface area contributed by atoms with E-state index in [0.29, 0.717) is 38.8 Å². The SMILES string of the molecule is CC(=O)OCC1CC(=O)C1(C)C.CC/C=C/P(=O)(OCC)OCC.CCC=C=C1CC(COC(C)=O)C1(C)C.O=C=O.O=C=O. The second-order valence-corrected chi connectivity index (χ2v) is 12.7. The lowest BCUT2D eigenvalue weighted by atomic mass is 9.59. The van der Waals surface area contributed by atoms with E-state index in [0.717, 1.165) is 19.3 Å². The maximum atomic E-state index is 11.6. The van der Waals surface area contributed by atoms with Gasteiger partial charge in [-0.25, -0.2) is 0 Å². The maximum Gasteiger partial charge on any atom is 0.373 e. The Hall–Kier alpha value is -3.22. The minimum atomic E-state index is -2.92. The van der Waals surface area contributed by atoms with Crippen molar-refractivity contribution in [3.63, 3.8) is 0 Å². The van der Waals surface area contributed by atoms with Crippen LogP contribution in [0.15, 0.2) is 29.3 Å². The molecule has 13 heteroatoms. The van der Waals surface area contributed by atoms with E-state index >= 15 is 0 Å². The van der Waals surface area contributed by atoms with Crippen molar-refractivity contribution in [3.8, 4) is 0 Å². The fraction of sp³-hybridized carbons (Fsp3) is 0.688. The van der Waals surface area contributed by atoms with E-state index in [1.807, 2.05) is 20.8 Å². The number of esters is 2. The van der Waals surface area contributed by atoms with Gasteiger partial charge in [0.2, 0.25) is 0 Å². The van der Waals surface area contributed by atoms with Crippen LogP contribution in [0.25, 0.3) is 0 Å². The van der Waals surface area contributed by atoms with Gasteiger partial charge in [0.15, 0.2) is 0 Å². The monoisotopic (exact) mass is 658 g/mol. The predicted octanol–water partition coefficient (Wildman–Crippen LogP) is 6.26. The molecule has 0 saturated heterocycles. The van der Waals surface area contributed by atoms with Crippen molar-refractivity contribution in [2.75, 3.05) is 26.4 Å². The molecule has 0 aromatic rings. The molecule has 45 heavy (non-hydrogen) atoms. The van der Waals surface area contributed by atoms with Gasteiger partial charge >= 0.3 is 31.8 Å². The molecule has 0 N–H and O–H groups in total. The zero-order valence-corrected chi connectivity index (χ0v) is 29.3. The van der Waals surface area contributed by atoms with E-state index in [1.165, 1.54) is 25.2 Å². The highest BCUT2D eigenvalue weighted by molar-refractivity contribution is 7.57. The first-order valence-corrected chi connectivity index (χ1v) is 16.3. The number of hydrogen-bond acceptors (Lipinski definition) is 12. The lowest BCUT2D eigenvalue weighted by Crippen LogP contribution is -2.47. The number of carbonyl (C=O) groups is 3. The Morgan fingerprint density at radius 1 is 0.800 bits per heavy atom. The van der Waals surface area contributed by atoms with Gasteiger partial charge in [-0.2, -0.15) is 19.2 Å². The topological polar surface area (TPSA) is 173 Å². The third kappa shape index (κ3) is 19.7. The molecule has 12 nitrogen and oxygen atoms in total. The van der Waals surface area contributed by atoms with Crippen LogP contribution in [0, 0.1) is 22.7 Å². The van der Waals surface area contributed by atoms with E-state index in [4.69, 9.17) is 37.7 Å². The van der Waals surface area contributed by atoms with Crippen LogP contribution in [0.4, 0.5) is 0 Å². The van der Waals surface area contributed by atoms with Crippen LogP contribution < -0.4 is 0 Å². The maximum absolute atomic E-state index is 11.6. The molecule has 2 aliphatic rings. The molecule has 0 amide bonds. The van der Waals surface area contributed by atoms with Crippen molar-refractivity contribution >= 4 is 37.6 Å². The fourth-order valence-electron chi connectivity index (χ4n) is 3.88. The standard InChI is InChI=1S/C13H20O2.C9H14O3.C8H17O3P.2CO2/c1-5-6-7-11-8-12(13(11,3)4)9-15-10(2)14;1-6(10)12-5-7-4-8(11)9(7,2)3;1-4-7-8-12(9,10-5-2)11-6-3;2*2-1-3/h6,12H,5,8-9H2,1-4H3;7H,4-5H2,1-3H3;7-8H,4-6H2,1-3H3;;/b;;8-7+;;. The van der Waals surface area contributed by atoms with Crippen molar-refractivity contribution in [2.45, 2.75) is 94.9 Å². The summed E-state index contributed by atoms with van der Waals surface area (Å²) in [6.45, 7) is 20.4. The van der Waals surface area contributed by atoms with Gasteiger partial charge in [0, 0.05) is 43.3 Å². The minimum Gasteiger partial charge on any atom is -0.466 e. The van der Waals surface area contributed by atoms with Crippen LogP contribution in [0.2, 0.25) is 0 Å². The van der Waals surface area contributed by atoms with Gasteiger partial charge in [-0.15, -0.1) is 5.73 Å². The second kappa shape index (κ2) is 25.0. The van der Waals surface area contributed by atoms with E-state index in [9.17, 15) is 18.9 Å². The van der Waals surface area contributed by atoms with Gasteiger partial charge in [0.1, 0.15) is 5.78 Å². The molecule has 0 aromatic heterocycles. The number of Topliss-reactive ketones (excluding diaryl/α,β-unsaturated/α-hetero) is 1. The third-order valence-corrected chi connectivity index (χ3v) is 8.83. The molecule has 2 aliphatic carbocycles. The largest absolute Gasteiger partial charge is 0.466 e. The Balaban J connectivity index is -0.000000543. The van der Waals surface area contributed by atoms with Crippen LogP contribution in [0.1, 0.15) is 94.9 Å². The Labute approximate surface area is 267 Å². The molecule has 0 radical (unpaired) electrons. The molecule has 0 bridgehead atoms. The quantitative estimate of drug-likeness (QED) is 0.139. The van der Waals surface area contributed by atoms with Gasteiger partial charge < -0.3 is 18.5 Å². The Morgan fingerprint density at radius 2 is 1.22 bits per heavy atom. The predicted molar refractivity (Wildman–Crippen MR) is 164 cm³/mol. The summed E-state index contributed by atoms with van der Waals surface area (Å²) in [5.74, 6) is 2.00. The van der Waals surface area contributed by atoms with E-state index in [2.05, 4.69) is 32.6 Å². The molecule has 0 aromatic carbocycles. The molecular weight excluding hydrogens is 607 g/mol. The van der Waals surface area contributed by atoms with Gasteiger partial charge in [0.25, 0.3) is 0 Å². The number of rotatable bonds is 11. The number of ketones is 1. The summed E-state index contributed by atoms with van der Waals surface area (Å²) in [4.78, 5) is 64.7. The number of allylic oxidation sites excluding steroid dienone is 2. The first-order valence-electron chi connectivity index (χ1n) is 14.7. The molecule has 2 saturated carbocycles. The van der Waals surface area contributed by atoms with E-state index in [1.54, 1.807) is 19.9 Å². The van der Waals surface area contributed by atoms with Crippen molar-refractivity contribution in [1.82, 2.24) is 0 Å². The normalized spacial score (nSPS) is 18.3. The zero-order chi connectivity index (χ0) is 35.7. The van der Waals surface area contributed by atoms with Gasteiger partial charge in [-0.05, 0) is 50.2 Å². The highest BCUT2D eigenvalue weighted by Crippen LogP contribution is 2.50. The summed E-state index contributed by atoms with van der Waals surface area (Å²) in [6, 6.07) is 0. The average molecular weight is 659 g/mol. The van der Waals surface area contributed by atoms with Crippen molar-refractivity contribution in [2.24, 2.45) is 22.7 Å². The summed E-state index contributed by atoms with van der Waals surface area (Å²) in [5, 5.41) is 0. The summed E-state index contributed by atoms with van der Waals surface area (Å²) >= 11 is 0. The fourth-order valence-corrected chi connectivity index (χ4v) is 5.31. The zero-order valence-electron chi connectivity index (χ0n) is 28.4. The van der Waals surface area contributed by atoms with Crippen molar-refractivity contribution in [3.05, 3.63) is 29.3 Å². The van der Waals surface area contributed by atoms with Gasteiger partial charge in [0.05, 0.1) is 26.4 Å². The first-order chi connectivity index (χ1) is 20.9. The van der Waals surface area contributed by atoms with Crippen LogP contribution in [-0.4, -0.2) is 56.5 Å². The number of ether oxygens (including phenoxy) is 2. The van der Waals surface area contributed by atoms with Crippen LogP contribution in [-0.2, 0) is 56.6 Å². The highest BCUT2D eigenvalue weighted by Gasteiger charge is 2.47. The molecular formula is C32H51O12P. The van der Waals surface area contributed by atoms with E-state index < -0.39 is 7.60 Å². The Morgan fingerprint density at radius 3 is 1.51 bits per heavy atom. The molecule has 0 spiro atoms. The van der Waals surface area contributed by atoms with Gasteiger partial charge in [-0.3, -0.25) is 18.9 Å². The lowest BCUT2D eigenvalue weighted by molar-refractivity contribution is -0.193. The summed E-state index contributed by atoms with van der Waals surface area (Å²) in [6.07, 6.45) is 7.79. The second-order valence-electron chi connectivity index (χ2n) is 10.8. The van der Waals surface area contributed by atoms with E-state index in [-0.39, 0.29) is 46.8 Å². The third-order valence-electron chi connectivity index (χ3n) is 7.02. The Bertz CT molecular complexity index is 1090. The summed E-state index contributed by atoms with van der Waals surface area (Å²) in [7, 11) is -2.92. The number of carbonyl (C=O) groups excluding carboxylic acids is 7. The van der Waals surface area contributed by atoms with Crippen molar-refractivity contribution < 1.29 is 56.6 Å². The molecule has 2 fully saturated rings. The molecule has 2 unspecified atom stereocenters. The molecule has 0 aliphatic heterocycles. The molecule has 256 valence electrons. The van der Waals surface area contributed by atoms with Gasteiger partial charge in [-0.1, -0.05) is 47.6 Å². The molecule has 2 atom stereocenters. The first kappa shape index (κ1) is 46.2. The highest BCUT2D eigenvalue weighted by atomic mass is 31.2. The molecule has 0 heterocycles. The lowest BCUT2D eigenvalue weighted by Gasteiger charge is -2.45. The van der Waals surface area contributed by atoms with Crippen LogP contribution in [0.5, 0.6) is 0 Å². The van der Waals surface area contributed by atoms with Crippen LogP contribution >= 0.6 is 7.60 Å². The van der Waals surface area contributed by atoms with Crippen molar-refractivity contribution in [1.29, 1.82) is 0 Å². The average Bonchev–Trinajstić information content (AvgIpc) is 2.95. The minimum absolute atomic E-state index is 0.140. The molecule has 2 rings (SSSR count). The number of hydrogen-bond donors (Lipinski definition) is 0.